The molecule has 120 valence electrons. The van der Waals surface area contributed by atoms with Gasteiger partial charge in [0.25, 0.3) is 0 Å². The van der Waals surface area contributed by atoms with Crippen molar-refractivity contribution in [2.75, 3.05) is 30.9 Å². The summed E-state index contributed by atoms with van der Waals surface area (Å²) in [6, 6.07) is 3.93. The van der Waals surface area contributed by atoms with Crippen LogP contribution in [0.15, 0.2) is 24.3 Å². The number of anilines is 1. The molecule has 1 aromatic rings. The quantitative estimate of drug-likeness (QED) is 0.787. The van der Waals surface area contributed by atoms with Gasteiger partial charge in [-0.2, -0.15) is 0 Å². The summed E-state index contributed by atoms with van der Waals surface area (Å²) in [5.74, 6) is -1.21. The SMILES string of the molecule is [2H]C([2H])([2H])C(=O)c1ccc(N2C([2H])([2H])C([2H])([2H])N(C(=O)OC(C)(C)C)C([2H])([2H])C2([2H])[2H])cc1. The van der Waals surface area contributed by atoms with Gasteiger partial charge in [-0.3, -0.25) is 4.79 Å². The number of nitrogens with zero attached hydrogens (tertiary/aromatic N) is 2. The number of amides is 1. The summed E-state index contributed by atoms with van der Waals surface area (Å²) in [7, 11) is 0. The molecule has 0 saturated carbocycles. The van der Waals surface area contributed by atoms with Crippen molar-refractivity contribution in [3.8, 4) is 0 Å². The lowest BCUT2D eigenvalue weighted by Crippen LogP contribution is -2.50. The molecule has 1 aromatic carbocycles. The highest BCUT2D eigenvalue weighted by molar-refractivity contribution is 5.94. The number of ketones is 1. The van der Waals surface area contributed by atoms with Crippen molar-refractivity contribution >= 4 is 17.6 Å². The Balaban J connectivity index is 2.64. The highest BCUT2D eigenvalue weighted by atomic mass is 16.6. The zero-order valence-corrected chi connectivity index (χ0v) is 12.4. The van der Waals surface area contributed by atoms with E-state index in [1.54, 1.807) is 0 Å². The van der Waals surface area contributed by atoms with Crippen molar-refractivity contribution in [2.24, 2.45) is 0 Å². The van der Waals surface area contributed by atoms with Gasteiger partial charge in [0.2, 0.25) is 0 Å². The lowest BCUT2D eigenvalue weighted by Gasteiger charge is -2.36. The second kappa shape index (κ2) is 6.38. The van der Waals surface area contributed by atoms with Gasteiger partial charge in [-0.15, -0.1) is 0 Å². The molecule has 5 heteroatoms. The molecule has 0 atom stereocenters. The predicted octanol–water partition coefficient (Wildman–Crippen LogP) is 2.95. The number of benzene rings is 1. The minimum absolute atomic E-state index is 0.185. The van der Waals surface area contributed by atoms with Gasteiger partial charge in [0.15, 0.2) is 5.78 Å². The number of Topliss-reactive ketones (excluding diaryl/α,β-unsaturated/α-hetero) is 1. The third-order valence-corrected chi connectivity index (χ3v) is 2.51. The van der Waals surface area contributed by atoms with Gasteiger partial charge >= 0.3 is 6.09 Å². The third kappa shape index (κ3) is 4.23. The van der Waals surface area contributed by atoms with Crippen LogP contribution < -0.4 is 4.90 Å². The Bertz CT molecular complexity index is 909. The van der Waals surface area contributed by atoms with Crippen molar-refractivity contribution in [1.82, 2.24) is 4.90 Å². The van der Waals surface area contributed by atoms with Gasteiger partial charge in [-0.25, -0.2) is 4.79 Å². The molecule has 1 amide bonds. The van der Waals surface area contributed by atoms with Crippen molar-refractivity contribution in [3.63, 3.8) is 0 Å². The molecule has 1 aliphatic rings. The highest BCUT2D eigenvalue weighted by Gasteiger charge is 2.25. The number of carbonyl (C=O) groups excluding carboxylic acids is 2. The fourth-order valence-corrected chi connectivity index (χ4v) is 1.55. The predicted molar refractivity (Wildman–Crippen MR) is 86.5 cm³/mol. The molecule has 0 N–H and O–H groups in total. The van der Waals surface area contributed by atoms with Crippen molar-refractivity contribution in [3.05, 3.63) is 29.8 Å². The molecule has 1 saturated heterocycles. The van der Waals surface area contributed by atoms with Gasteiger partial charge in [0, 0.05) is 41.4 Å². The van der Waals surface area contributed by atoms with Crippen molar-refractivity contribution < 1.29 is 29.4 Å². The van der Waals surface area contributed by atoms with E-state index in [1.165, 1.54) is 20.8 Å². The number of rotatable bonds is 2. The normalized spacial score (nSPS) is 32.8. The number of hydrogen-bond donors (Lipinski definition) is 0. The van der Waals surface area contributed by atoms with E-state index in [1.807, 2.05) is 0 Å². The zero-order chi connectivity index (χ0) is 26.0. The van der Waals surface area contributed by atoms with Gasteiger partial charge < -0.3 is 14.5 Å². The molecular weight excluding hydrogens is 280 g/mol. The van der Waals surface area contributed by atoms with Crippen LogP contribution in [0.2, 0.25) is 0 Å². The molecular formula is C17H24N2O3. The Labute approximate surface area is 147 Å². The molecule has 1 heterocycles. The van der Waals surface area contributed by atoms with Crippen LogP contribution in [-0.2, 0) is 4.74 Å². The lowest BCUT2D eigenvalue weighted by atomic mass is 10.1. The van der Waals surface area contributed by atoms with E-state index in [0.29, 0.717) is 0 Å². The Hall–Kier alpha value is -2.04. The largest absolute Gasteiger partial charge is 0.444 e. The Kier molecular flexibility index (Phi) is 2.04. The monoisotopic (exact) mass is 315 g/mol. The molecule has 1 aliphatic heterocycles. The third-order valence-electron chi connectivity index (χ3n) is 2.51. The Morgan fingerprint density at radius 1 is 1.14 bits per heavy atom. The maximum absolute atomic E-state index is 12.7. The van der Waals surface area contributed by atoms with Crippen LogP contribution in [0.3, 0.4) is 0 Å². The van der Waals surface area contributed by atoms with Gasteiger partial charge in [-0.05, 0) is 51.9 Å². The second-order valence-electron chi connectivity index (χ2n) is 5.47. The smallest absolute Gasteiger partial charge is 0.410 e. The van der Waals surface area contributed by atoms with Gasteiger partial charge in [0.1, 0.15) is 5.60 Å². The number of hydrogen-bond acceptors (Lipinski definition) is 4. The summed E-state index contributed by atoms with van der Waals surface area (Å²) in [6.07, 6.45) is -1.59. The minimum atomic E-state index is -3.43. The standard InChI is InChI=1S/C17H24N2O3/c1-13(20)14-5-7-15(8-6-14)18-9-11-19(12-10-18)16(21)22-17(2,3)4/h5-8H,9-12H2,1-4H3/i1D3,9D2,10D2,11D2,12D2. The molecule has 2 rings (SSSR count). The average molecular weight is 315 g/mol. The van der Waals surface area contributed by atoms with Crippen LogP contribution in [0.4, 0.5) is 10.5 Å². The van der Waals surface area contributed by atoms with E-state index in [4.69, 9.17) is 19.8 Å². The lowest BCUT2D eigenvalue weighted by molar-refractivity contribution is 0.0240. The van der Waals surface area contributed by atoms with E-state index in [0.717, 1.165) is 24.3 Å². The van der Waals surface area contributed by atoms with Gasteiger partial charge in [-0.1, -0.05) is 0 Å². The molecule has 0 radical (unpaired) electrons. The molecule has 5 nitrogen and oxygen atoms in total. The fraction of sp³-hybridized carbons (Fsp3) is 0.529. The highest BCUT2D eigenvalue weighted by Crippen LogP contribution is 2.19. The molecule has 0 bridgehead atoms. The number of carbonyl (C=O) groups is 2. The van der Waals surface area contributed by atoms with Crippen molar-refractivity contribution in [1.29, 1.82) is 0 Å². The second-order valence-corrected chi connectivity index (χ2v) is 5.47. The maximum Gasteiger partial charge on any atom is 0.410 e. The summed E-state index contributed by atoms with van der Waals surface area (Å²) < 4.78 is 93.1. The first kappa shape index (κ1) is 7.02. The first-order valence-corrected chi connectivity index (χ1v) is 6.48. The van der Waals surface area contributed by atoms with Crippen LogP contribution in [-0.4, -0.2) is 48.4 Å². The summed E-state index contributed by atoms with van der Waals surface area (Å²) in [6.45, 7) is -12.2. The molecule has 22 heavy (non-hydrogen) atoms. The first-order valence-electron chi connectivity index (χ1n) is 12.0. The molecule has 0 unspecified atom stereocenters. The molecule has 0 aromatic heterocycles. The van der Waals surface area contributed by atoms with Crippen LogP contribution in [0.5, 0.6) is 0 Å². The van der Waals surface area contributed by atoms with E-state index < -0.39 is 50.3 Å². The van der Waals surface area contributed by atoms with Crippen LogP contribution in [0, 0.1) is 0 Å². The average Bonchev–Trinajstić information content (AvgIpc) is 2.57. The zero-order valence-electron chi connectivity index (χ0n) is 23.4. The van der Waals surface area contributed by atoms with E-state index in [-0.39, 0.29) is 21.1 Å². The van der Waals surface area contributed by atoms with Crippen LogP contribution in [0.25, 0.3) is 0 Å². The molecule has 0 aliphatic carbocycles. The summed E-state index contributed by atoms with van der Waals surface area (Å²) in [5.41, 5.74) is -1.87. The topological polar surface area (TPSA) is 49.9 Å². The molecule has 0 spiro atoms. The van der Waals surface area contributed by atoms with Gasteiger partial charge in [0.05, 0.1) is 11.0 Å². The minimum Gasteiger partial charge on any atom is -0.444 e. The first-order chi connectivity index (χ1) is 14.5. The van der Waals surface area contributed by atoms with Crippen molar-refractivity contribution in [2.45, 2.75) is 33.2 Å². The van der Waals surface area contributed by atoms with Crippen LogP contribution in [0.1, 0.15) is 53.1 Å². The summed E-state index contributed by atoms with van der Waals surface area (Å²) in [4.78, 5) is 24.6. The maximum atomic E-state index is 12.7. The number of piperazine rings is 1. The summed E-state index contributed by atoms with van der Waals surface area (Å²) in [5, 5.41) is 0. The fourth-order valence-electron chi connectivity index (χ4n) is 1.55. The van der Waals surface area contributed by atoms with E-state index in [2.05, 4.69) is 0 Å². The van der Waals surface area contributed by atoms with E-state index >= 15 is 0 Å². The van der Waals surface area contributed by atoms with E-state index in [9.17, 15) is 9.59 Å². The summed E-state index contributed by atoms with van der Waals surface area (Å²) >= 11 is 0. The Morgan fingerprint density at radius 3 is 2.23 bits per heavy atom. The molecule has 1 fully saturated rings. The Morgan fingerprint density at radius 2 is 1.73 bits per heavy atom. The van der Waals surface area contributed by atoms with Crippen LogP contribution >= 0.6 is 0 Å². The number of ether oxygens (including phenoxy) is 1.